The summed E-state index contributed by atoms with van der Waals surface area (Å²) in [6, 6.07) is 22.5. The van der Waals surface area contributed by atoms with Gasteiger partial charge in [-0.15, -0.1) is 0 Å². The molecule has 6 nitrogen and oxygen atoms in total. The van der Waals surface area contributed by atoms with Crippen LogP contribution < -0.4 is 14.2 Å². The average Bonchev–Trinajstić information content (AvgIpc) is 3.33. The highest BCUT2D eigenvalue weighted by molar-refractivity contribution is 6.22. The molecule has 5 rings (SSSR count). The van der Waals surface area contributed by atoms with Crippen molar-refractivity contribution in [3.05, 3.63) is 134 Å². The highest BCUT2D eigenvalue weighted by Gasteiger charge is 2.40. The van der Waals surface area contributed by atoms with E-state index < -0.39 is 11.9 Å². The van der Waals surface area contributed by atoms with E-state index in [-0.39, 0.29) is 16.9 Å². The maximum absolute atomic E-state index is 14.4. The molecule has 0 saturated heterocycles. The summed E-state index contributed by atoms with van der Waals surface area (Å²) in [7, 11) is 3.18. The van der Waals surface area contributed by atoms with Crippen molar-refractivity contribution in [1.82, 2.24) is 0 Å². The van der Waals surface area contributed by atoms with Gasteiger partial charge in [0.05, 0.1) is 19.8 Å². The SMILES string of the molecule is COc1ccc(C2=C(C(=O)Oc3c(C)cc(C)cc3C)/C(=C(\c3ccc(OC)cc3)c3c(C)cc(C)cc3C)C(=O)O2)cc1. The van der Waals surface area contributed by atoms with Gasteiger partial charge in [0.15, 0.2) is 5.76 Å². The Hall–Kier alpha value is -5.10. The number of benzene rings is 4. The third-order valence-corrected chi connectivity index (χ3v) is 7.79. The predicted octanol–water partition coefficient (Wildman–Crippen LogP) is 7.93. The maximum Gasteiger partial charge on any atom is 0.348 e. The molecule has 224 valence electrons. The molecule has 6 heteroatoms. The maximum atomic E-state index is 14.4. The van der Waals surface area contributed by atoms with Gasteiger partial charge in [-0.25, -0.2) is 9.59 Å². The monoisotopic (exact) mass is 588 g/mol. The number of hydrogen-bond acceptors (Lipinski definition) is 6. The van der Waals surface area contributed by atoms with Gasteiger partial charge in [0, 0.05) is 11.1 Å². The largest absolute Gasteiger partial charge is 0.497 e. The first-order valence-electron chi connectivity index (χ1n) is 14.4. The average molecular weight is 589 g/mol. The fourth-order valence-electron chi connectivity index (χ4n) is 6.00. The van der Waals surface area contributed by atoms with Crippen molar-refractivity contribution in [1.29, 1.82) is 0 Å². The zero-order valence-electron chi connectivity index (χ0n) is 26.4. The van der Waals surface area contributed by atoms with Crippen molar-refractivity contribution in [2.45, 2.75) is 41.5 Å². The van der Waals surface area contributed by atoms with Gasteiger partial charge in [-0.3, -0.25) is 0 Å². The molecule has 4 aromatic carbocycles. The smallest absolute Gasteiger partial charge is 0.348 e. The number of ether oxygens (including phenoxy) is 4. The molecule has 0 unspecified atom stereocenters. The predicted molar refractivity (Wildman–Crippen MR) is 172 cm³/mol. The lowest BCUT2D eigenvalue weighted by atomic mass is 9.84. The fourth-order valence-corrected chi connectivity index (χ4v) is 6.00. The number of methoxy groups -OCH3 is 2. The van der Waals surface area contributed by atoms with Gasteiger partial charge in [0.2, 0.25) is 0 Å². The molecule has 0 fully saturated rings. The molecule has 0 spiro atoms. The Morgan fingerprint density at radius 2 is 1.14 bits per heavy atom. The normalized spacial score (nSPS) is 14.0. The van der Waals surface area contributed by atoms with Gasteiger partial charge in [-0.05, 0) is 111 Å². The van der Waals surface area contributed by atoms with Crippen molar-refractivity contribution in [3.8, 4) is 17.2 Å². The summed E-state index contributed by atoms with van der Waals surface area (Å²) >= 11 is 0. The Morgan fingerprint density at radius 3 is 1.64 bits per heavy atom. The standard InChI is InChI=1S/C38H36O6/c1-21-17-23(3)31(24(4)18-21)32(27-9-13-29(41-7)14-10-27)33-34(38(40)43-35-25(5)19-22(2)20-26(35)6)36(44-37(33)39)28-11-15-30(42-8)16-12-28/h9-20H,1-8H3/b33-32-. The number of carbonyl (C=O) groups excluding carboxylic acids is 2. The summed E-state index contributed by atoms with van der Waals surface area (Å²) in [5.41, 5.74) is 8.62. The number of hydrogen-bond donors (Lipinski definition) is 0. The van der Waals surface area contributed by atoms with Crippen LogP contribution >= 0.6 is 0 Å². The summed E-state index contributed by atoms with van der Waals surface area (Å²) in [5, 5.41) is 0. The van der Waals surface area contributed by atoms with E-state index in [1.54, 1.807) is 38.5 Å². The van der Waals surface area contributed by atoms with Crippen LogP contribution in [0.2, 0.25) is 0 Å². The number of aryl methyl sites for hydroxylation is 6. The van der Waals surface area contributed by atoms with Gasteiger partial charge in [-0.2, -0.15) is 0 Å². The molecule has 0 aromatic heterocycles. The molecule has 44 heavy (non-hydrogen) atoms. The van der Waals surface area contributed by atoms with Crippen LogP contribution in [0.3, 0.4) is 0 Å². The Balaban J connectivity index is 1.84. The molecule has 0 bridgehead atoms. The second-order valence-electron chi connectivity index (χ2n) is 11.2. The minimum absolute atomic E-state index is 0.0599. The Morgan fingerprint density at radius 1 is 0.659 bits per heavy atom. The van der Waals surface area contributed by atoms with Crippen molar-refractivity contribution < 1.29 is 28.5 Å². The van der Waals surface area contributed by atoms with Crippen LogP contribution in [0.25, 0.3) is 11.3 Å². The van der Waals surface area contributed by atoms with E-state index in [4.69, 9.17) is 18.9 Å². The van der Waals surface area contributed by atoms with Crippen molar-refractivity contribution in [2.75, 3.05) is 14.2 Å². The van der Waals surface area contributed by atoms with Gasteiger partial charge >= 0.3 is 11.9 Å². The minimum atomic E-state index is -0.680. The third kappa shape index (κ3) is 5.76. The highest BCUT2D eigenvalue weighted by atomic mass is 16.6. The molecule has 0 N–H and O–H groups in total. The summed E-state index contributed by atoms with van der Waals surface area (Å²) in [4.78, 5) is 28.4. The van der Waals surface area contributed by atoms with Crippen LogP contribution in [0.1, 0.15) is 50.1 Å². The van der Waals surface area contributed by atoms with Crippen LogP contribution in [0.4, 0.5) is 0 Å². The van der Waals surface area contributed by atoms with E-state index in [1.165, 1.54) is 0 Å². The summed E-state index contributed by atoms with van der Waals surface area (Å²) in [6.45, 7) is 11.8. The zero-order chi connectivity index (χ0) is 31.7. The van der Waals surface area contributed by atoms with Crippen molar-refractivity contribution in [2.24, 2.45) is 0 Å². The number of cyclic esters (lactones) is 1. The fraction of sp³-hybridized carbons (Fsp3) is 0.211. The Labute approximate surface area is 258 Å². The van der Waals surface area contributed by atoms with E-state index in [9.17, 15) is 9.59 Å². The third-order valence-electron chi connectivity index (χ3n) is 7.79. The quantitative estimate of drug-likeness (QED) is 0.124. The first-order chi connectivity index (χ1) is 21.0. The molecule has 4 aromatic rings. The summed E-state index contributed by atoms with van der Waals surface area (Å²) in [5.74, 6) is 0.576. The molecule has 0 radical (unpaired) electrons. The van der Waals surface area contributed by atoms with Crippen LogP contribution in [-0.2, 0) is 14.3 Å². The van der Waals surface area contributed by atoms with E-state index in [0.717, 1.165) is 44.5 Å². The van der Waals surface area contributed by atoms with E-state index in [0.29, 0.717) is 28.4 Å². The number of rotatable bonds is 7. The first kappa shape index (κ1) is 30.4. The highest BCUT2D eigenvalue weighted by Crippen LogP contribution is 2.43. The van der Waals surface area contributed by atoms with Crippen LogP contribution in [0.15, 0.2) is 83.9 Å². The Kier molecular flexibility index (Phi) is 8.45. The van der Waals surface area contributed by atoms with Crippen LogP contribution in [-0.4, -0.2) is 26.2 Å². The lowest BCUT2D eigenvalue weighted by Crippen LogP contribution is -2.17. The topological polar surface area (TPSA) is 71.1 Å². The minimum Gasteiger partial charge on any atom is -0.497 e. The van der Waals surface area contributed by atoms with Crippen molar-refractivity contribution >= 4 is 23.3 Å². The van der Waals surface area contributed by atoms with Gasteiger partial charge < -0.3 is 18.9 Å². The lowest BCUT2D eigenvalue weighted by molar-refractivity contribution is -0.132. The molecular weight excluding hydrogens is 552 g/mol. The molecule has 0 atom stereocenters. The van der Waals surface area contributed by atoms with Crippen LogP contribution in [0.5, 0.6) is 17.2 Å². The molecule has 0 aliphatic carbocycles. The van der Waals surface area contributed by atoms with E-state index in [1.807, 2.05) is 77.9 Å². The van der Waals surface area contributed by atoms with Gasteiger partial charge in [-0.1, -0.05) is 47.5 Å². The second kappa shape index (κ2) is 12.3. The van der Waals surface area contributed by atoms with E-state index in [2.05, 4.69) is 12.1 Å². The van der Waals surface area contributed by atoms with E-state index >= 15 is 0 Å². The van der Waals surface area contributed by atoms with Gasteiger partial charge in [0.25, 0.3) is 0 Å². The summed E-state index contributed by atoms with van der Waals surface area (Å²) < 4.78 is 22.8. The van der Waals surface area contributed by atoms with Crippen molar-refractivity contribution in [3.63, 3.8) is 0 Å². The molecule has 0 saturated carbocycles. The molecule has 1 aliphatic rings. The number of carbonyl (C=O) groups is 2. The first-order valence-corrected chi connectivity index (χ1v) is 14.4. The zero-order valence-corrected chi connectivity index (χ0v) is 26.4. The second-order valence-corrected chi connectivity index (χ2v) is 11.2. The number of esters is 2. The van der Waals surface area contributed by atoms with Crippen LogP contribution in [0, 0.1) is 41.5 Å². The molecular formula is C38H36O6. The lowest BCUT2D eigenvalue weighted by Gasteiger charge is -2.19. The molecule has 1 heterocycles. The molecule has 0 amide bonds. The summed E-state index contributed by atoms with van der Waals surface area (Å²) in [6.07, 6.45) is 0. The Bertz CT molecular complexity index is 1790. The van der Waals surface area contributed by atoms with Gasteiger partial charge in [0.1, 0.15) is 22.8 Å². The molecule has 1 aliphatic heterocycles.